The van der Waals surface area contributed by atoms with E-state index in [-0.39, 0.29) is 11.6 Å². The zero-order chi connectivity index (χ0) is 15.8. The molecule has 0 saturated carbocycles. The van der Waals surface area contributed by atoms with Crippen LogP contribution in [0.4, 0.5) is 5.69 Å². The minimum atomic E-state index is -0.418. The Morgan fingerprint density at radius 3 is 2.57 bits per heavy atom. The lowest BCUT2D eigenvalue weighted by molar-refractivity contribution is -0.385. The Bertz CT molecular complexity index is 504. The predicted molar refractivity (Wildman–Crippen MR) is 85.0 cm³/mol. The Morgan fingerprint density at radius 1 is 1.33 bits per heavy atom. The molecule has 0 atom stereocenters. The molecule has 7 heteroatoms. The average Bonchev–Trinajstić information content (AvgIpc) is 2.44. The van der Waals surface area contributed by atoms with Gasteiger partial charge in [-0.3, -0.25) is 14.9 Å². The molecule has 0 aromatic heterocycles. The summed E-state index contributed by atoms with van der Waals surface area (Å²) in [6.45, 7) is 6.38. The number of carbonyl (C=O) groups excluding carboxylic acids is 1. The summed E-state index contributed by atoms with van der Waals surface area (Å²) in [5, 5.41) is 13.9. The van der Waals surface area contributed by atoms with Crippen molar-refractivity contribution in [3.63, 3.8) is 0 Å². The van der Waals surface area contributed by atoms with E-state index in [9.17, 15) is 14.9 Å². The summed E-state index contributed by atoms with van der Waals surface area (Å²) in [4.78, 5) is 23.9. The van der Waals surface area contributed by atoms with Crippen LogP contribution in [-0.4, -0.2) is 35.4 Å². The molecule has 0 spiro atoms. The second-order valence-corrected chi connectivity index (χ2v) is 5.48. The van der Waals surface area contributed by atoms with Crippen molar-refractivity contribution < 1.29 is 9.72 Å². The molecule has 0 heterocycles. The van der Waals surface area contributed by atoms with Crippen LogP contribution in [0.5, 0.6) is 0 Å². The zero-order valence-corrected chi connectivity index (χ0v) is 13.9. The Labute approximate surface area is 132 Å². The van der Waals surface area contributed by atoms with Crippen LogP contribution in [0.1, 0.15) is 25.8 Å². The summed E-state index contributed by atoms with van der Waals surface area (Å²) in [6.07, 6.45) is 0.428. The number of nitrogens with zero attached hydrogens (tertiary/aromatic N) is 2. The van der Waals surface area contributed by atoms with E-state index in [4.69, 9.17) is 0 Å². The van der Waals surface area contributed by atoms with Crippen LogP contribution in [0.25, 0.3) is 0 Å². The molecule has 1 N–H and O–H groups in total. The van der Waals surface area contributed by atoms with Crippen LogP contribution in [-0.2, 0) is 11.3 Å². The summed E-state index contributed by atoms with van der Waals surface area (Å²) >= 11 is 3.26. The Balaban J connectivity index is 2.46. The third-order valence-electron chi connectivity index (χ3n) is 3.11. The van der Waals surface area contributed by atoms with Gasteiger partial charge in [0.2, 0.25) is 5.91 Å². The van der Waals surface area contributed by atoms with Gasteiger partial charge in [0.05, 0.1) is 4.92 Å². The zero-order valence-electron chi connectivity index (χ0n) is 12.3. The molecule has 6 nitrogen and oxygen atoms in total. The van der Waals surface area contributed by atoms with Crippen molar-refractivity contribution in [3.05, 3.63) is 38.3 Å². The van der Waals surface area contributed by atoms with Crippen LogP contribution < -0.4 is 5.32 Å². The minimum absolute atomic E-state index is 0.0559. The highest BCUT2D eigenvalue weighted by Crippen LogP contribution is 2.21. The third-order valence-corrected chi connectivity index (χ3v) is 3.57. The van der Waals surface area contributed by atoms with Gasteiger partial charge in [0.15, 0.2) is 0 Å². The van der Waals surface area contributed by atoms with Crippen molar-refractivity contribution in [1.82, 2.24) is 10.2 Å². The molecule has 0 unspecified atom stereocenters. The van der Waals surface area contributed by atoms with Crippen LogP contribution in [0, 0.1) is 10.1 Å². The first-order valence-corrected chi connectivity index (χ1v) is 7.69. The Hall–Kier alpha value is -1.47. The van der Waals surface area contributed by atoms with Gasteiger partial charge in [0, 0.05) is 49.2 Å². The molecular weight excluding hydrogens is 338 g/mol. The van der Waals surface area contributed by atoms with Crippen molar-refractivity contribution >= 4 is 27.5 Å². The monoisotopic (exact) mass is 357 g/mol. The fourth-order valence-electron chi connectivity index (χ4n) is 2.00. The molecule has 0 bridgehead atoms. The van der Waals surface area contributed by atoms with Gasteiger partial charge in [-0.1, -0.05) is 15.9 Å². The SMILES string of the molecule is CCN(CC)C(=O)CCNCc1cc(Br)cc([N+](=O)[O-])c1. The van der Waals surface area contributed by atoms with Crippen LogP contribution >= 0.6 is 15.9 Å². The molecule has 0 fully saturated rings. The van der Waals surface area contributed by atoms with Gasteiger partial charge in [-0.25, -0.2) is 0 Å². The molecule has 1 aromatic rings. The number of amides is 1. The first-order chi connectivity index (χ1) is 9.97. The molecule has 1 amide bonds. The van der Waals surface area contributed by atoms with Crippen LogP contribution in [0.15, 0.2) is 22.7 Å². The highest BCUT2D eigenvalue weighted by Gasteiger charge is 2.10. The second-order valence-electron chi connectivity index (χ2n) is 4.57. The highest BCUT2D eigenvalue weighted by atomic mass is 79.9. The molecule has 0 aliphatic carbocycles. The van der Waals surface area contributed by atoms with Gasteiger partial charge < -0.3 is 10.2 Å². The average molecular weight is 358 g/mol. The molecular formula is C14H20BrN3O3. The van der Waals surface area contributed by atoms with Crippen molar-refractivity contribution in [2.24, 2.45) is 0 Å². The maximum absolute atomic E-state index is 11.8. The summed E-state index contributed by atoms with van der Waals surface area (Å²) in [7, 11) is 0. The number of nitrogens with one attached hydrogen (secondary N) is 1. The number of non-ortho nitro benzene ring substituents is 1. The highest BCUT2D eigenvalue weighted by molar-refractivity contribution is 9.10. The van der Waals surface area contributed by atoms with E-state index in [0.717, 1.165) is 5.56 Å². The van der Waals surface area contributed by atoms with Gasteiger partial charge in [-0.15, -0.1) is 0 Å². The van der Waals surface area contributed by atoms with Crippen molar-refractivity contribution in [2.45, 2.75) is 26.8 Å². The molecule has 1 rings (SSSR count). The number of nitro benzene ring substituents is 1. The lowest BCUT2D eigenvalue weighted by Crippen LogP contribution is -2.32. The minimum Gasteiger partial charge on any atom is -0.343 e. The Morgan fingerprint density at radius 2 is 2.00 bits per heavy atom. The largest absolute Gasteiger partial charge is 0.343 e. The van der Waals surface area contributed by atoms with Crippen molar-refractivity contribution in [1.29, 1.82) is 0 Å². The normalized spacial score (nSPS) is 10.4. The van der Waals surface area contributed by atoms with E-state index in [1.165, 1.54) is 12.1 Å². The summed E-state index contributed by atoms with van der Waals surface area (Å²) in [5.74, 6) is 0.118. The predicted octanol–water partition coefficient (Wildman–Crippen LogP) is 2.71. The molecule has 21 heavy (non-hydrogen) atoms. The van der Waals surface area contributed by atoms with Crippen molar-refractivity contribution in [3.8, 4) is 0 Å². The standard InChI is InChI=1S/C14H20BrN3O3/c1-3-17(4-2)14(19)5-6-16-10-11-7-12(15)9-13(8-11)18(20)21/h7-9,16H,3-6,10H2,1-2H3. The first-order valence-electron chi connectivity index (χ1n) is 6.90. The van der Waals surface area contributed by atoms with Gasteiger partial charge in [-0.2, -0.15) is 0 Å². The summed E-state index contributed by atoms with van der Waals surface area (Å²) in [6, 6.07) is 4.82. The van der Waals surface area contributed by atoms with E-state index in [1.54, 1.807) is 4.90 Å². The number of rotatable bonds is 8. The number of benzene rings is 1. The maximum Gasteiger partial charge on any atom is 0.270 e. The molecule has 0 radical (unpaired) electrons. The van der Waals surface area contributed by atoms with Gasteiger partial charge >= 0.3 is 0 Å². The molecule has 0 aliphatic heterocycles. The number of carbonyl (C=O) groups is 1. The van der Waals surface area contributed by atoms with E-state index in [0.29, 0.717) is 37.1 Å². The number of hydrogen-bond acceptors (Lipinski definition) is 4. The van der Waals surface area contributed by atoms with Crippen LogP contribution in [0.2, 0.25) is 0 Å². The van der Waals surface area contributed by atoms with Crippen molar-refractivity contribution in [2.75, 3.05) is 19.6 Å². The smallest absolute Gasteiger partial charge is 0.270 e. The van der Waals surface area contributed by atoms with Gasteiger partial charge in [-0.05, 0) is 25.5 Å². The molecule has 116 valence electrons. The quantitative estimate of drug-likeness (QED) is 0.440. The fraction of sp³-hybridized carbons (Fsp3) is 0.500. The maximum atomic E-state index is 11.8. The lowest BCUT2D eigenvalue weighted by Gasteiger charge is -2.18. The fourth-order valence-corrected chi connectivity index (χ4v) is 2.53. The molecule has 0 aliphatic rings. The number of hydrogen-bond donors (Lipinski definition) is 1. The lowest BCUT2D eigenvalue weighted by atomic mass is 10.2. The van der Waals surface area contributed by atoms with E-state index in [2.05, 4.69) is 21.2 Å². The van der Waals surface area contributed by atoms with Gasteiger partial charge in [0.1, 0.15) is 0 Å². The van der Waals surface area contributed by atoms with E-state index >= 15 is 0 Å². The molecule has 1 aromatic carbocycles. The first kappa shape index (κ1) is 17.6. The summed E-state index contributed by atoms with van der Waals surface area (Å²) < 4.78 is 0.674. The van der Waals surface area contributed by atoms with E-state index in [1.807, 2.05) is 19.9 Å². The number of halogens is 1. The molecule has 0 saturated heterocycles. The Kier molecular flexibility index (Phi) is 7.31. The van der Waals surface area contributed by atoms with Crippen LogP contribution in [0.3, 0.4) is 0 Å². The third kappa shape index (κ3) is 5.81. The number of nitro groups is 1. The second kappa shape index (κ2) is 8.74. The topological polar surface area (TPSA) is 75.5 Å². The van der Waals surface area contributed by atoms with Gasteiger partial charge in [0.25, 0.3) is 5.69 Å². The van der Waals surface area contributed by atoms with E-state index < -0.39 is 4.92 Å². The summed E-state index contributed by atoms with van der Waals surface area (Å²) in [5.41, 5.74) is 0.867.